The van der Waals surface area contributed by atoms with Crippen LogP contribution in [0.5, 0.6) is 5.75 Å². The lowest BCUT2D eigenvalue weighted by Gasteiger charge is -2.10. The molecule has 1 heterocycles. The van der Waals surface area contributed by atoms with E-state index in [2.05, 4.69) is 16.9 Å². The normalized spacial score (nSPS) is 10.6. The highest BCUT2D eigenvalue weighted by Crippen LogP contribution is 2.28. The Bertz CT molecular complexity index is 612. The predicted molar refractivity (Wildman–Crippen MR) is 78.9 cm³/mol. The first-order valence-electron chi connectivity index (χ1n) is 5.95. The van der Waals surface area contributed by atoms with E-state index in [9.17, 15) is 0 Å². The van der Waals surface area contributed by atoms with Crippen LogP contribution >= 0.6 is 23.2 Å². The highest BCUT2D eigenvalue weighted by molar-refractivity contribution is 6.35. The van der Waals surface area contributed by atoms with E-state index >= 15 is 0 Å². The molecular weight excluding hydrogens is 299 g/mol. The second kappa shape index (κ2) is 6.74. The van der Waals surface area contributed by atoms with Crippen LogP contribution in [0.4, 0.5) is 0 Å². The summed E-state index contributed by atoms with van der Waals surface area (Å²) in [6, 6.07) is 5.06. The van der Waals surface area contributed by atoms with Crippen molar-refractivity contribution in [3.05, 3.63) is 52.3 Å². The Labute approximate surface area is 126 Å². The van der Waals surface area contributed by atoms with Gasteiger partial charge >= 0.3 is 0 Å². The summed E-state index contributed by atoms with van der Waals surface area (Å²) >= 11 is 11.9. The van der Waals surface area contributed by atoms with Crippen molar-refractivity contribution in [1.29, 1.82) is 0 Å². The maximum atomic E-state index is 6.06. The first kappa shape index (κ1) is 14.8. The van der Waals surface area contributed by atoms with Crippen molar-refractivity contribution in [3.8, 4) is 5.75 Å². The summed E-state index contributed by atoms with van der Waals surface area (Å²) in [6.45, 7) is 4.79. The van der Waals surface area contributed by atoms with Gasteiger partial charge < -0.3 is 10.5 Å². The van der Waals surface area contributed by atoms with Gasteiger partial charge in [0.2, 0.25) is 0 Å². The molecule has 0 unspecified atom stereocenters. The third-order valence-electron chi connectivity index (χ3n) is 2.67. The van der Waals surface area contributed by atoms with Gasteiger partial charge in [-0.15, -0.1) is 11.7 Å². The largest absolute Gasteiger partial charge is 0.486 e. The smallest absolute Gasteiger partial charge is 0.138 e. The van der Waals surface area contributed by atoms with Crippen molar-refractivity contribution in [2.24, 2.45) is 5.73 Å². The van der Waals surface area contributed by atoms with Gasteiger partial charge in [0.15, 0.2) is 0 Å². The molecule has 1 aromatic heterocycles. The van der Waals surface area contributed by atoms with Crippen LogP contribution in [-0.2, 0) is 19.7 Å². The van der Waals surface area contributed by atoms with Gasteiger partial charge in [0, 0.05) is 11.6 Å². The summed E-state index contributed by atoms with van der Waals surface area (Å²) in [5.74, 6) is 0.547. The van der Waals surface area contributed by atoms with E-state index in [1.165, 1.54) is 0 Å². The molecule has 5 nitrogen and oxygen atoms in total. The number of nitrogens with zero attached hydrogens (tertiary/aromatic N) is 3. The number of rotatable bonds is 6. The van der Waals surface area contributed by atoms with Crippen LogP contribution in [-0.4, -0.2) is 15.0 Å². The fourth-order valence-corrected chi connectivity index (χ4v) is 2.16. The van der Waals surface area contributed by atoms with Crippen LogP contribution in [0.25, 0.3) is 0 Å². The van der Waals surface area contributed by atoms with Gasteiger partial charge in [-0.3, -0.25) is 0 Å². The number of aromatic nitrogens is 3. The lowest BCUT2D eigenvalue weighted by Crippen LogP contribution is -2.10. The molecule has 0 amide bonds. The summed E-state index contributed by atoms with van der Waals surface area (Å²) in [5.41, 5.74) is 7.13. The van der Waals surface area contributed by atoms with Gasteiger partial charge in [-0.2, -0.15) is 0 Å². The Kier molecular flexibility index (Phi) is 5.00. The van der Waals surface area contributed by atoms with Crippen LogP contribution in [0.2, 0.25) is 10.0 Å². The molecule has 0 saturated carbocycles. The predicted octanol–water partition coefficient (Wildman–Crippen LogP) is 2.81. The van der Waals surface area contributed by atoms with Gasteiger partial charge in [0.1, 0.15) is 23.7 Å². The maximum Gasteiger partial charge on any atom is 0.138 e. The van der Waals surface area contributed by atoms with Gasteiger partial charge in [0.05, 0.1) is 11.6 Å². The van der Waals surface area contributed by atoms with E-state index in [-0.39, 0.29) is 6.61 Å². The number of hydrogen-bond donors (Lipinski definition) is 1. The third kappa shape index (κ3) is 3.30. The van der Waals surface area contributed by atoms with E-state index in [4.69, 9.17) is 33.7 Å². The molecule has 0 aliphatic rings. The number of allylic oxidation sites excluding steroid dienone is 1. The Morgan fingerprint density at radius 3 is 2.85 bits per heavy atom. The molecule has 0 aliphatic heterocycles. The molecule has 20 heavy (non-hydrogen) atoms. The maximum absolute atomic E-state index is 6.06. The molecule has 0 saturated heterocycles. The number of hydrogen-bond acceptors (Lipinski definition) is 4. The molecule has 0 fully saturated rings. The van der Waals surface area contributed by atoms with Gasteiger partial charge in [0.25, 0.3) is 0 Å². The topological polar surface area (TPSA) is 66.0 Å². The van der Waals surface area contributed by atoms with Crippen molar-refractivity contribution >= 4 is 23.2 Å². The monoisotopic (exact) mass is 312 g/mol. The van der Waals surface area contributed by atoms with Crippen LogP contribution < -0.4 is 10.5 Å². The Hall–Kier alpha value is -1.56. The Morgan fingerprint density at radius 1 is 1.40 bits per heavy atom. The SMILES string of the molecule is C=CCn1nnc(CN)c1COc1ccc(Cl)cc1Cl. The lowest BCUT2D eigenvalue weighted by atomic mass is 10.3. The minimum atomic E-state index is 0.273. The minimum Gasteiger partial charge on any atom is -0.486 e. The molecule has 2 rings (SSSR count). The first-order valence-corrected chi connectivity index (χ1v) is 6.71. The van der Waals surface area contributed by atoms with Crippen LogP contribution in [0.3, 0.4) is 0 Å². The average molecular weight is 313 g/mol. The van der Waals surface area contributed by atoms with Crippen LogP contribution in [0.15, 0.2) is 30.9 Å². The summed E-state index contributed by atoms with van der Waals surface area (Å²) in [5, 5.41) is 9.03. The number of benzene rings is 1. The standard InChI is InChI=1S/C13H14Cl2N4O/c1-2-5-19-12(11(7-16)17-18-19)8-20-13-4-3-9(14)6-10(13)15/h2-4,6H,1,5,7-8,16H2. The molecule has 0 atom stereocenters. The highest BCUT2D eigenvalue weighted by Gasteiger charge is 2.12. The van der Waals surface area contributed by atoms with E-state index in [0.29, 0.717) is 34.6 Å². The average Bonchev–Trinajstić information content (AvgIpc) is 2.80. The van der Waals surface area contributed by atoms with E-state index < -0.39 is 0 Å². The van der Waals surface area contributed by atoms with E-state index in [0.717, 1.165) is 5.69 Å². The van der Waals surface area contributed by atoms with E-state index in [1.807, 2.05) is 0 Å². The molecule has 0 spiro atoms. The molecule has 0 bridgehead atoms. The molecular formula is C13H14Cl2N4O. The van der Waals surface area contributed by atoms with Crippen molar-refractivity contribution in [3.63, 3.8) is 0 Å². The zero-order chi connectivity index (χ0) is 14.5. The molecule has 2 N–H and O–H groups in total. The van der Waals surface area contributed by atoms with Crippen molar-refractivity contribution in [2.45, 2.75) is 19.7 Å². The molecule has 7 heteroatoms. The fourth-order valence-electron chi connectivity index (χ4n) is 1.69. The minimum absolute atomic E-state index is 0.273. The third-order valence-corrected chi connectivity index (χ3v) is 3.20. The van der Waals surface area contributed by atoms with Crippen molar-refractivity contribution < 1.29 is 4.74 Å². The summed E-state index contributed by atoms with van der Waals surface area (Å²) in [7, 11) is 0. The highest BCUT2D eigenvalue weighted by atomic mass is 35.5. The molecule has 2 aromatic rings. The van der Waals surface area contributed by atoms with Crippen molar-refractivity contribution in [1.82, 2.24) is 15.0 Å². The van der Waals surface area contributed by atoms with Gasteiger partial charge in [-0.1, -0.05) is 34.5 Å². The second-order valence-corrected chi connectivity index (χ2v) is 4.86. The molecule has 0 aliphatic carbocycles. The van der Waals surface area contributed by atoms with Gasteiger partial charge in [-0.25, -0.2) is 4.68 Å². The summed E-state index contributed by atoms with van der Waals surface area (Å²) in [6.07, 6.45) is 1.73. The Balaban J connectivity index is 2.17. The second-order valence-electron chi connectivity index (χ2n) is 4.02. The van der Waals surface area contributed by atoms with Gasteiger partial charge in [-0.05, 0) is 18.2 Å². The number of ether oxygens (including phenoxy) is 1. The zero-order valence-corrected chi connectivity index (χ0v) is 12.2. The van der Waals surface area contributed by atoms with E-state index in [1.54, 1.807) is 29.0 Å². The molecule has 0 radical (unpaired) electrons. The van der Waals surface area contributed by atoms with Crippen molar-refractivity contribution in [2.75, 3.05) is 0 Å². The quantitative estimate of drug-likeness (QED) is 0.833. The first-order chi connectivity index (χ1) is 9.65. The van der Waals surface area contributed by atoms with Crippen LogP contribution in [0, 0.1) is 0 Å². The molecule has 1 aromatic carbocycles. The molecule has 106 valence electrons. The zero-order valence-electron chi connectivity index (χ0n) is 10.7. The Morgan fingerprint density at radius 2 is 2.20 bits per heavy atom. The number of halogens is 2. The number of nitrogens with two attached hydrogens (primary N) is 1. The fraction of sp³-hybridized carbons (Fsp3) is 0.231. The summed E-state index contributed by atoms with van der Waals surface area (Å²) in [4.78, 5) is 0. The summed E-state index contributed by atoms with van der Waals surface area (Å²) < 4.78 is 7.38. The van der Waals surface area contributed by atoms with Crippen LogP contribution in [0.1, 0.15) is 11.4 Å². The lowest BCUT2D eigenvalue weighted by molar-refractivity contribution is 0.292.